The molecule has 9 heteroatoms. The van der Waals surface area contributed by atoms with Crippen LogP contribution in [0, 0.1) is 0 Å². The van der Waals surface area contributed by atoms with Crippen molar-refractivity contribution in [2.45, 2.75) is 38.6 Å². The molecule has 0 amide bonds. The third-order valence-electron chi connectivity index (χ3n) is 2.98. The summed E-state index contributed by atoms with van der Waals surface area (Å²) >= 11 is 12.3. The van der Waals surface area contributed by atoms with Gasteiger partial charge in [0.25, 0.3) is 0 Å². The predicted molar refractivity (Wildman–Crippen MR) is 103 cm³/mol. The highest BCUT2D eigenvalue weighted by atomic mass is 35.5. The summed E-state index contributed by atoms with van der Waals surface area (Å²) in [6.45, 7) is 4.51. The molecular formula is C16H21Cl2F2O3PS. The van der Waals surface area contributed by atoms with Gasteiger partial charge in [0.05, 0.1) is 18.2 Å². The SMILES string of the molecule is CCC/C(SC(F)(F)P(=O)(OCC)OCC)=C(\Cl)c1ccc(Cl)cc1. The summed E-state index contributed by atoms with van der Waals surface area (Å²) in [6.07, 6.45) is 0.899. The van der Waals surface area contributed by atoms with E-state index in [1.165, 1.54) is 13.8 Å². The fourth-order valence-electron chi connectivity index (χ4n) is 1.92. The lowest BCUT2D eigenvalue weighted by molar-refractivity contribution is 0.112. The van der Waals surface area contributed by atoms with Crippen LogP contribution in [0.25, 0.3) is 5.03 Å². The third-order valence-corrected chi connectivity index (χ3v) is 7.47. The van der Waals surface area contributed by atoms with Crippen LogP contribution in [0.15, 0.2) is 29.2 Å². The molecule has 0 bridgehead atoms. The Hall–Kier alpha value is -0.100. The van der Waals surface area contributed by atoms with Gasteiger partial charge < -0.3 is 9.05 Å². The summed E-state index contributed by atoms with van der Waals surface area (Å²) in [5.41, 5.74) is 0.556. The second kappa shape index (κ2) is 10.3. The molecule has 1 aromatic rings. The van der Waals surface area contributed by atoms with Crippen LogP contribution in [0.5, 0.6) is 0 Å². The van der Waals surface area contributed by atoms with Crippen molar-refractivity contribution in [2.24, 2.45) is 0 Å². The first-order valence-electron chi connectivity index (χ1n) is 7.81. The number of hydrogen-bond donors (Lipinski definition) is 0. The van der Waals surface area contributed by atoms with Gasteiger partial charge in [-0.3, -0.25) is 4.57 Å². The molecule has 0 spiro atoms. The zero-order valence-corrected chi connectivity index (χ0v) is 17.5. The third kappa shape index (κ3) is 6.23. The van der Waals surface area contributed by atoms with Gasteiger partial charge in [-0.25, -0.2) is 0 Å². The predicted octanol–water partition coefficient (Wildman–Crippen LogP) is 7.60. The fourth-order valence-corrected chi connectivity index (χ4v) is 5.34. The Bertz CT molecular complexity index is 629. The maximum absolute atomic E-state index is 14.7. The van der Waals surface area contributed by atoms with Gasteiger partial charge in [0.1, 0.15) is 0 Å². The molecule has 0 saturated heterocycles. The monoisotopic (exact) mass is 432 g/mol. The molecule has 0 aromatic heterocycles. The first-order valence-corrected chi connectivity index (χ1v) is 10.9. The highest BCUT2D eigenvalue weighted by Gasteiger charge is 2.54. The number of thioether (sulfide) groups is 1. The molecule has 0 N–H and O–H groups in total. The molecule has 0 fully saturated rings. The highest BCUT2D eigenvalue weighted by Crippen LogP contribution is 2.68. The lowest BCUT2D eigenvalue weighted by atomic mass is 10.2. The minimum atomic E-state index is -4.62. The lowest BCUT2D eigenvalue weighted by Gasteiger charge is -2.26. The molecule has 0 aliphatic heterocycles. The van der Waals surface area contributed by atoms with Gasteiger partial charge in [-0.05, 0) is 49.7 Å². The average Bonchev–Trinajstić information content (AvgIpc) is 2.54. The summed E-state index contributed by atoms with van der Waals surface area (Å²) in [5.74, 6) is 0. The molecule has 0 saturated carbocycles. The Kier molecular flexibility index (Phi) is 9.44. The first-order chi connectivity index (χ1) is 11.7. The van der Waals surface area contributed by atoms with E-state index in [1.54, 1.807) is 24.3 Å². The van der Waals surface area contributed by atoms with Gasteiger partial charge in [0.2, 0.25) is 0 Å². The number of allylic oxidation sites excluding steroid dienone is 1. The number of hydrogen-bond acceptors (Lipinski definition) is 4. The van der Waals surface area contributed by atoms with Crippen LogP contribution in [-0.4, -0.2) is 18.2 Å². The normalized spacial score (nSPS) is 13.7. The topological polar surface area (TPSA) is 35.5 Å². The van der Waals surface area contributed by atoms with Crippen molar-refractivity contribution in [2.75, 3.05) is 13.2 Å². The standard InChI is InChI=1S/C16H21Cl2F2O3PS/c1-4-7-14(15(18)12-8-10-13(17)11-9-12)25-16(19,20)24(21,22-5-2)23-6-3/h8-11H,4-7H2,1-3H3/b15-14+. The Morgan fingerprint density at radius 3 is 2.12 bits per heavy atom. The van der Waals surface area contributed by atoms with E-state index in [2.05, 4.69) is 0 Å². The van der Waals surface area contributed by atoms with Gasteiger partial charge in [0, 0.05) is 9.93 Å². The van der Waals surface area contributed by atoms with Gasteiger partial charge in [-0.15, -0.1) is 0 Å². The van der Waals surface area contributed by atoms with Crippen LogP contribution in [0.4, 0.5) is 8.78 Å². The average molecular weight is 433 g/mol. The Morgan fingerprint density at radius 2 is 1.68 bits per heavy atom. The van der Waals surface area contributed by atoms with Crippen molar-refractivity contribution in [1.29, 1.82) is 0 Å². The fraction of sp³-hybridized carbons (Fsp3) is 0.500. The second-order valence-electron chi connectivity index (χ2n) is 4.92. The van der Waals surface area contributed by atoms with E-state index in [0.717, 1.165) is 0 Å². The smallest absolute Gasteiger partial charge is 0.304 e. The highest BCUT2D eigenvalue weighted by molar-refractivity contribution is 8.09. The van der Waals surface area contributed by atoms with E-state index < -0.39 is 12.6 Å². The molecule has 1 aromatic carbocycles. The lowest BCUT2D eigenvalue weighted by Crippen LogP contribution is -2.17. The van der Waals surface area contributed by atoms with E-state index >= 15 is 0 Å². The number of alkyl halides is 2. The van der Waals surface area contributed by atoms with Crippen LogP contribution in [-0.2, 0) is 13.6 Å². The van der Waals surface area contributed by atoms with E-state index in [0.29, 0.717) is 23.4 Å². The number of halogens is 4. The summed E-state index contributed by atoms with van der Waals surface area (Å²) < 4.78 is 51.5. The van der Waals surface area contributed by atoms with Crippen molar-refractivity contribution in [3.63, 3.8) is 0 Å². The van der Waals surface area contributed by atoms with E-state index in [9.17, 15) is 13.3 Å². The van der Waals surface area contributed by atoms with Gasteiger partial charge in [0.15, 0.2) is 0 Å². The largest absolute Gasteiger partial charge is 0.410 e. The molecule has 3 nitrogen and oxygen atoms in total. The van der Waals surface area contributed by atoms with Crippen molar-refractivity contribution in [3.8, 4) is 0 Å². The Balaban J connectivity index is 3.23. The van der Waals surface area contributed by atoms with Crippen molar-refractivity contribution in [3.05, 3.63) is 39.8 Å². The maximum Gasteiger partial charge on any atom is 0.410 e. The zero-order chi connectivity index (χ0) is 19.1. The summed E-state index contributed by atoms with van der Waals surface area (Å²) in [6, 6.07) is 6.53. The van der Waals surface area contributed by atoms with Crippen molar-refractivity contribution >= 4 is 47.6 Å². The second-order valence-corrected chi connectivity index (χ2v) is 9.31. The molecule has 0 atom stereocenters. The molecule has 0 aliphatic rings. The van der Waals surface area contributed by atoms with Gasteiger partial charge in [-0.1, -0.05) is 48.7 Å². The van der Waals surface area contributed by atoms with Crippen LogP contribution >= 0.6 is 42.6 Å². The van der Waals surface area contributed by atoms with E-state index in [4.69, 9.17) is 32.2 Å². The maximum atomic E-state index is 14.7. The van der Waals surface area contributed by atoms with Gasteiger partial charge in [-0.2, -0.15) is 8.78 Å². The summed E-state index contributed by atoms with van der Waals surface area (Å²) in [7, 11) is -4.62. The molecule has 0 unspecified atom stereocenters. The minimum Gasteiger partial charge on any atom is -0.304 e. The number of rotatable bonds is 10. The minimum absolute atomic E-state index is 0.134. The first kappa shape index (κ1) is 22.9. The molecule has 25 heavy (non-hydrogen) atoms. The molecule has 142 valence electrons. The molecule has 1 rings (SSSR count). The Labute approximate surface area is 161 Å². The molecular weight excluding hydrogens is 412 g/mol. The molecule has 0 heterocycles. The summed E-state index contributed by atoms with van der Waals surface area (Å²) in [5, 5.41) is 0.683. The van der Waals surface area contributed by atoms with Gasteiger partial charge >= 0.3 is 12.6 Å². The van der Waals surface area contributed by atoms with Crippen LogP contribution < -0.4 is 0 Å². The Morgan fingerprint density at radius 1 is 1.16 bits per heavy atom. The quantitative estimate of drug-likeness (QED) is 0.356. The van der Waals surface area contributed by atoms with Crippen LogP contribution in [0.2, 0.25) is 5.02 Å². The number of benzene rings is 1. The molecule has 0 aliphatic carbocycles. The van der Waals surface area contributed by atoms with E-state index in [1.807, 2.05) is 6.92 Å². The van der Waals surface area contributed by atoms with Crippen LogP contribution in [0.3, 0.4) is 0 Å². The molecule has 0 radical (unpaired) electrons. The van der Waals surface area contributed by atoms with Crippen molar-refractivity contribution < 1.29 is 22.4 Å². The zero-order valence-electron chi connectivity index (χ0n) is 14.2. The van der Waals surface area contributed by atoms with Crippen molar-refractivity contribution in [1.82, 2.24) is 0 Å². The summed E-state index contributed by atoms with van der Waals surface area (Å²) in [4.78, 5) is -3.54. The van der Waals surface area contributed by atoms with Crippen LogP contribution in [0.1, 0.15) is 39.2 Å². The van der Waals surface area contributed by atoms with E-state index in [-0.39, 0.29) is 34.9 Å².